The Morgan fingerprint density at radius 1 is 1.06 bits per heavy atom. The van der Waals surface area contributed by atoms with Crippen LogP contribution in [-0.2, 0) is 17.6 Å². The molecule has 1 amide bonds. The Morgan fingerprint density at radius 2 is 1.81 bits per heavy atom. The molecular weight excluding hydrogens is 408 g/mol. The second-order valence-corrected chi connectivity index (χ2v) is 8.58. The Morgan fingerprint density at radius 3 is 2.48 bits per heavy atom. The molecule has 0 spiro atoms. The van der Waals surface area contributed by atoms with E-state index in [0.29, 0.717) is 30.0 Å². The molecule has 2 aromatic carbocycles. The van der Waals surface area contributed by atoms with Crippen LogP contribution >= 0.6 is 11.8 Å². The van der Waals surface area contributed by atoms with Gasteiger partial charge in [-0.1, -0.05) is 55.9 Å². The fraction of sp³-hybridized carbons (Fsp3) is 0.375. The molecule has 0 saturated heterocycles. The van der Waals surface area contributed by atoms with Gasteiger partial charge in [0.1, 0.15) is 11.6 Å². The lowest BCUT2D eigenvalue weighted by Gasteiger charge is -2.12. The number of hydrogen-bond acceptors (Lipinski definition) is 5. The number of aryl methyl sites for hydroxylation is 2. The average Bonchev–Trinajstić information content (AvgIpc) is 3.19. The van der Waals surface area contributed by atoms with E-state index in [0.717, 1.165) is 30.1 Å². The molecule has 0 aliphatic carbocycles. The lowest BCUT2D eigenvalue weighted by molar-refractivity contribution is -0.118. The molecule has 0 aliphatic rings. The molecule has 1 heterocycles. The van der Waals surface area contributed by atoms with Crippen LogP contribution in [0.2, 0.25) is 0 Å². The number of aromatic nitrogens is 3. The van der Waals surface area contributed by atoms with Crippen molar-refractivity contribution in [2.45, 2.75) is 38.8 Å². The van der Waals surface area contributed by atoms with E-state index in [4.69, 9.17) is 4.74 Å². The Kier molecular flexibility index (Phi) is 8.53. The van der Waals surface area contributed by atoms with Crippen molar-refractivity contribution in [3.05, 3.63) is 66.0 Å². The van der Waals surface area contributed by atoms with Crippen molar-refractivity contribution < 1.29 is 9.53 Å². The molecule has 0 atom stereocenters. The molecule has 0 radical (unpaired) electrons. The van der Waals surface area contributed by atoms with Crippen LogP contribution in [0.4, 0.5) is 0 Å². The minimum Gasteiger partial charge on any atom is -0.494 e. The molecule has 0 aliphatic heterocycles. The van der Waals surface area contributed by atoms with Crippen LogP contribution in [0.5, 0.6) is 5.75 Å². The van der Waals surface area contributed by atoms with Gasteiger partial charge in [0.25, 0.3) is 0 Å². The van der Waals surface area contributed by atoms with Crippen molar-refractivity contribution >= 4 is 17.7 Å². The highest BCUT2D eigenvalue weighted by Crippen LogP contribution is 2.24. The molecule has 1 N–H and O–H groups in total. The predicted octanol–water partition coefficient (Wildman–Crippen LogP) is 4.32. The zero-order chi connectivity index (χ0) is 22.1. The van der Waals surface area contributed by atoms with Crippen LogP contribution < -0.4 is 10.1 Å². The normalized spacial score (nSPS) is 11.0. The van der Waals surface area contributed by atoms with Gasteiger partial charge >= 0.3 is 0 Å². The van der Waals surface area contributed by atoms with E-state index in [-0.39, 0.29) is 5.91 Å². The quantitative estimate of drug-likeness (QED) is 0.452. The number of thioether (sulfide) groups is 1. The first-order chi connectivity index (χ1) is 15.1. The minimum atomic E-state index is 0.00535. The average molecular weight is 439 g/mol. The van der Waals surface area contributed by atoms with E-state index < -0.39 is 0 Å². The fourth-order valence-corrected chi connectivity index (χ4v) is 3.87. The van der Waals surface area contributed by atoms with Crippen LogP contribution in [0.15, 0.2) is 59.8 Å². The number of carbonyl (C=O) groups excluding carboxylic acids is 1. The van der Waals surface area contributed by atoms with Crippen molar-refractivity contribution in [3.63, 3.8) is 0 Å². The lowest BCUT2D eigenvalue weighted by atomic mass is 10.1. The summed E-state index contributed by atoms with van der Waals surface area (Å²) in [6, 6.07) is 18.2. The van der Waals surface area contributed by atoms with Gasteiger partial charge in [0.15, 0.2) is 5.16 Å². The summed E-state index contributed by atoms with van der Waals surface area (Å²) < 4.78 is 7.61. The smallest absolute Gasteiger partial charge is 0.230 e. The third kappa shape index (κ3) is 6.85. The second-order valence-electron chi connectivity index (χ2n) is 7.63. The van der Waals surface area contributed by atoms with Gasteiger partial charge < -0.3 is 10.1 Å². The zero-order valence-electron chi connectivity index (χ0n) is 18.4. The van der Waals surface area contributed by atoms with E-state index >= 15 is 0 Å². The SMILES string of the molecule is CCOc1ccc(-n2c(CCc3ccccc3)nnc2SCC(=O)NCC(C)C)cc1. The molecule has 3 rings (SSSR count). The topological polar surface area (TPSA) is 69.0 Å². The van der Waals surface area contributed by atoms with Crippen LogP contribution in [0, 0.1) is 5.92 Å². The van der Waals surface area contributed by atoms with Gasteiger partial charge in [-0.25, -0.2) is 0 Å². The van der Waals surface area contributed by atoms with Gasteiger partial charge in [-0.15, -0.1) is 10.2 Å². The lowest BCUT2D eigenvalue weighted by Crippen LogP contribution is -2.28. The summed E-state index contributed by atoms with van der Waals surface area (Å²) in [5, 5.41) is 12.5. The molecule has 0 saturated carbocycles. The molecular formula is C24H30N4O2S. The number of hydrogen-bond donors (Lipinski definition) is 1. The molecule has 6 nitrogen and oxygen atoms in total. The van der Waals surface area contributed by atoms with E-state index in [1.54, 1.807) is 0 Å². The van der Waals surface area contributed by atoms with Crippen molar-refractivity contribution in [2.24, 2.45) is 5.92 Å². The van der Waals surface area contributed by atoms with Crippen molar-refractivity contribution in [3.8, 4) is 11.4 Å². The maximum Gasteiger partial charge on any atom is 0.230 e. The molecule has 0 bridgehead atoms. The van der Waals surface area contributed by atoms with Crippen molar-refractivity contribution in [1.29, 1.82) is 0 Å². The van der Waals surface area contributed by atoms with Crippen molar-refractivity contribution in [1.82, 2.24) is 20.1 Å². The summed E-state index contributed by atoms with van der Waals surface area (Å²) in [5.74, 6) is 2.43. The Hall–Kier alpha value is -2.80. The zero-order valence-corrected chi connectivity index (χ0v) is 19.2. The summed E-state index contributed by atoms with van der Waals surface area (Å²) in [4.78, 5) is 12.2. The number of benzene rings is 2. The number of nitrogens with one attached hydrogen (secondary N) is 1. The molecule has 7 heteroatoms. The molecule has 3 aromatic rings. The summed E-state index contributed by atoms with van der Waals surface area (Å²) in [7, 11) is 0. The summed E-state index contributed by atoms with van der Waals surface area (Å²) in [5.41, 5.74) is 2.22. The largest absolute Gasteiger partial charge is 0.494 e. The molecule has 1 aromatic heterocycles. The predicted molar refractivity (Wildman–Crippen MR) is 125 cm³/mol. The van der Waals surface area contributed by atoms with Gasteiger partial charge in [0, 0.05) is 18.7 Å². The van der Waals surface area contributed by atoms with Crippen LogP contribution in [0.3, 0.4) is 0 Å². The Labute approximate surface area is 188 Å². The van der Waals surface area contributed by atoms with Crippen molar-refractivity contribution in [2.75, 3.05) is 18.9 Å². The third-order valence-corrected chi connectivity index (χ3v) is 5.56. The number of ether oxygens (including phenoxy) is 1. The van der Waals surface area contributed by atoms with Gasteiger partial charge in [0.05, 0.1) is 12.4 Å². The first-order valence-electron chi connectivity index (χ1n) is 10.7. The summed E-state index contributed by atoms with van der Waals surface area (Å²) >= 11 is 1.40. The van der Waals surface area contributed by atoms with Gasteiger partial charge in [-0.3, -0.25) is 9.36 Å². The highest BCUT2D eigenvalue weighted by molar-refractivity contribution is 7.99. The standard InChI is InChI=1S/C24H30N4O2S/c1-4-30-21-13-11-20(12-14-21)28-22(15-10-19-8-6-5-7-9-19)26-27-24(28)31-17-23(29)25-16-18(2)3/h5-9,11-14,18H,4,10,15-17H2,1-3H3,(H,25,29). The van der Waals surface area contributed by atoms with Gasteiger partial charge in [-0.05, 0) is 49.1 Å². The maximum atomic E-state index is 12.2. The second kappa shape index (κ2) is 11.6. The Bertz CT molecular complexity index is 955. The minimum absolute atomic E-state index is 0.00535. The number of nitrogens with zero attached hydrogens (tertiary/aromatic N) is 3. The number of carbonyl (C=O) groups is 1. The molecule has 0 unspecified atom stereocenters. The molecule has 0 fully saturated rings. The van der Waals surface area contributed by atoms with Gasteiger partial charge in [-0.2, -0.15) is 0 Å². The molecule has 164 valence electrons. The third-order valence-electron chi connectivity index (χ3n) is 4.63. The highest BCUT2D eigenvalue weighted by atomic mass is 32.2. The number of amides is 1. The maximum absolute atomic E-state index is 12.2. The first-order valence-corrected chi connectivity index (χ1v) is 11.7. The fourth-order valence-electron chi connectivity index (χ4n) is 3.07. The molecule has 31 heavy (non-hydrogen) atoms. The van der Waals surface area contributed by atoms with E-state index in [9.17, 15) is 4.79 Å². The summed E-state index contributed by atoms with van der Waals surface area (Å²) in [6.45, 7) is 7.42. The highest BCUT2D eigenvalue weighted by Gasteiger charge is 2.16. The number of rotatable bonds is 11. The van der Waals surface area contributed by atoms with E-state index in [1.807, 2.05) is 54.0 Å². The van der Waals surface area contributed by atoms with E-state index in [1.165, 1.54) is 17.3 Å². The first kappa shape index (κ1) is 22.9. The van der Waals surface area contributed by atoms with Crippen LogP contribution in [-0.4, -0.2) is 39.6 Å². The van der Waals surface area contributed by atoms with Crippen LogP contribution in [0.1, 0.15) is 32.2 Å². The van der Waals surface area contributed by atoms with E-state index in [2.05, 4.69) is 41.5 Å². The van der Waals surface area contributed by atoms with Gasteiger partial charge in [0.2, 0.25) is 5.91 Å². The summed E-state index contributed by atoms with van der Waals surface area (Å²) in [6.07, 6.45) is 1.62. The monoisotopic (exact) mass is 438 g/mol. The van der Waals surface area contributed by atoms with Crippen LogP contribution in [0.25, 0.3) is 5.69 Å². The Balaban J connectivity index is 1.79.